The van der Waals surface area contributed by atoms with E-state index >= 15 is 0 Å². The van der Waals surface area contributed by atoms with Gasteiger partial charge in [0.15, 0.2) is 0 Å². The average Bonchev–Trinajstić information content (AvgIpc) is 2.43. The van der Waals surface area contributed by atoms with Crippen LogP contribution in [0.25, 0.3) is 0 Å². The van der Waals surface area contributed by atoms with Crippen LogP contribution >= 0.6 is 0 Å². The fourth-order valence-electron chi connectivity index (χ4n) is 1.98. The summed E-state index contributed by atoms with van der Waals surface area (Å²) in [6.07, 6.45) is 0.0335. The van der Waals surface area contributed by atoms with Gasteiger partial charge in [-0.2, -0.15) is 0 Å². The number of carbonyl (C=O) groups is 3. The van der Waals surface area contributed by atoms with Crippen LogP contribution in [-0.4, -0.2) is 42.4 Å². The molecule has 21 heavy (non-hydrogen) atoms. The Kier molecular flexibility index (Phi) is 4.54. The number of nitrogens with two attached hydrogens (primary N) is 1. The first-order valence-corrected chi connectivity index (χ1v) is 6.55. The number of hydrogen-bond donors (Lipinski definition) is 2. The molecule has 1 aliphatic rings. The van der Waals surface area contributed by atoms with E-state index in [1.807, 2.05) is 0 Å². The highest BCUT2D eigenvalue weighted by Gasteiger charge is 2.26. The number of amides is 3. The molecule has 1 fully saturated rings. The summed E-state index contributed by atoms with van der Waals surface area (Å²) in [5.74, 6) is -1.12. The van der Waals surface area contributed by atoms with Crippen LogP contribution < -0.4 is 11.1 Å². The SMILES string of the molecule is Cc1c(N)cccc1NC(=O)CCN1C(=O)COCC1=O. The first-order chi connectivity index (χ1) is 9.99. The Labute approximate surface area is 122 Å². The summed E-state index contributed by atoms with van der Waals surface area (Å²) in [7, 11) is 0. The lowest BCUT2D eigenvalue weighted by atomic mass is 10.1. The zero-order valence-electron chi connectivity index (χ0n) is 11.7. The van der Waals surface area contributed by atoms with Crippen molar-refractivity contribution in [2.45, 2.75) is 13.3 Å². The molecule has 0 aliphatic carbocycles. The Hall–Kier alpha value is -2.41. The predicted molar refractivity (Wildman–Crippen MR) is 76.4 cm³/mol. The second-order valence-electron chi connectivity index (χ2n) is 4.75. The van der Waals surface area contributed by atoms with Gasteiger partial charge in [0.05, 0.1) is 0 Å². The van der Waals surface area contributed by atoms with Crippen molar-refractivity contribution in [1.82, 2.24) is 4.90 Å². The molecule has 112 valence electrons. The van der Waals surface area contributed by atoms with Crippen molar-refractivity contribution in [3.05, 3.63) is 23.8 Å². The van der Waals surface area contributed by atoms with Gasteiger partial charge in [0.25, 0.3) is 11.8 Å². The standard InChI is InChI=1S/C14H17N3O4/c1-9-10(15)3-2-4-11(9)16-12(18)5-6-17-13(19)7-21-8-14(17)20/h2-4H,5-8,15H2,1H3,(H,16,18). The predicted octanol–water partition coefficient (Wildman–Crippen LogP) is 0.291. The third-order valence-electron chi connectivity index (χ3n) is 3.27. The van der Waals surface area contributed by atoms with Crippen molar-refractivity contribution in [1.29, 1.82) is 0 Å². The lowest BCUT2D eigenvalue weighted by Gasteiger charge is -2.24. The third-order valence-corrected chi connectivity index (χ3v) is 3.27. The minimum Gasteiger partial charge on any atom is -0.398 e. The maximum absolute atomic E-state index is 11.9. The number of hydrogen-bond acceptors (Lipinski definition) is 5. The number of ether oxygens (including phenoxy) is 1. The average molecular weight is 291 g/mol. The summed E-state index contributed by atoms with van der Waals surface area (Å²) in [5, 5.41) is 2.72. The van der Waals surface area contributed by atoms with Crippen LogP contribution in [0.5, 0.6) is 0 Å². The molecule has 1 aromatic carbocycles. The van der Waals surface area contributed by atoms with Crippen LogP contribution in [0.15, 0.2) is 18.2 Å². The summed E-state index contributed by atoms with van der Waals surface area (Å²) in [5.41, 5.74) is 7.76. The largest absolute Gasteiger partial charge is 0.398 e. The molecule has 1 aliphatic heterocycles. The molecule has 0 spiro atoms. The number of imide groups is 1. The quantitative estimate of drug-likeness (QED) is 0.613. The van der Waals surface area contributed by atoms with E-state index < -0.39 is 11.8 Å². The molecule has 0 atom stereocenters. The Morgan fingerprint density at radius 2 is 2.00 bits per heavy atom. The Balaban J connectivity index is 1.91. The fraction of sp³-hybridized carbons (Fsp3) is 0.357. The van der Waals surface area contributed by atoms with Crippen LogP contribution in [0.1, 0.15) is 12.0 Å². The van der Waals surface area contributed by atoms with Gasteiger partial charge in [0, 0.05) is 24.3 Å². The molecule has 0 aromatic heterocycles. The van der Waals surface area contributed by atoms with Gasteiger partial charge in [0.1, 0.15) is 13.2 Å². The number of nitrogens with zero attached hydrogens (tertiary/aromatic N) is 1. The molecular weight excluding hydrogens is 274 g/mol. The summed E-state index contributed by atoms with van der Waals surface area (Å²) in [6, 6.07) is 5.23. The summed E-state index contributed by atoms with van der Waals surface area (Å²) in [4.78, 5) is 36.0. The number of carbonyl (C=O) groups excluding carboxylic acids is 3. The zero-order valence-corrected chi connectivity index (χ0v) is 11.7. The van der Waals surface area contributed by atoms with E-state index in [1.165, 1.54) is 0 Å². The van der Waals surface area contributed by atoms with Crippen LogP contribution in [0.2, 0.25) is 0 Å². The minimum absolute atomic E-state index is 0.0335. The van der Waals surface area contributed by atoms with E-state index in [1.54, 1.807) is 25.1 Å². The van der Waals surface area contributed by atoms with Gasteiger partial charge in [0.2, 0.25) is 5.91 Å². The second kappa shape index (κ2) is 6.36. The first kappa shape index (κ1) is 15.0. The van der Waals surface area contributed by atoms with Gasteiger partial charge < -0.3 is 15.8 Å². The van der Waals surface area contributed by atoms with Crippen LogP contribution in [0, 0.1) is 6.92 Å². The molecule has 7 nitrogen and oxygen atoms in total. The third kappa shape index (κ3) is 3.57. The Morgan fingerprint density at radius 3 is 2.67 bits per heavy atom. The molecule has 3 amide bonds. The monoisotopic (exact) mass is 291 g/mol. The van der Waals surface area contributed by atoms with Gasteiger partial charge in [-0.25, -0.2) is 0 Å². The van der Waals surface area contributed by atoms with E-state index in [0.717, 1.165) is 10.5 Å². The maximum atomic E-state index is 11.9. The number of morpholine rings is 1. The molecule has 2 rings (SSSR count). The highest BCUT2D eigenvalue weighted by molar-refractivity contribution is 5.99. The van der Waals surface area contributed by atoms with Gasteiger partial charge in [-0.05, 0) is 24.6 Å². The smallest absolute Gasteiger partial charge is 0.255 e. The van der Waals surface area contributed by atoms with Gasteiger partial charge in [-0.15, -0.1) is 0 Å². The molecule has 0 unspecified atom stereocenters. The molecule has 1 aromatic rings. The van der Waals surface area contributed by atoms with Gasteiger partial charge >= 0.3 is 0 Å². The molecular formula is C14H17N3O4. The van der Waals surface area contributed by atoms with Crippen LogP contribution in [0.3, 0.4) is 0 Å². The van der Waals surface area contributed by atoms with Gasteiger partial charge in [-0.1, -0.05) is 6.07 Å². The number of anilines is 2. The number of benzene rings is 1. The van der Waals surface area contributed by atoms with Crippen molar-refractivity contribution in [2.24, 2.45) is 0 Å². The molecule has 1 heterocycles. The minimum atomic E-state index is -0.417. The first-order valence-electron chi connectivity index (χ1n) is 6.55. The summed E-state index contributed by atoms with van der Waals surface area (Å²) >= 11 is 0. The van der Waals surface area contributed by atoms with Crippen molar-refractivity contribution in [2.75, 3.05) is 30.8 Å². The lowest BCUT2D eigenvalue weighted by Crippen LogP contribution is -2.47. The summed E-state index contributed by atoms with van der Waals surface area (Å²) < 4.78 is 4.80. The highest BCUT2D eigenvalue weighted by Crippen LogP contribution is 2.20. The van der Waals surface area contributed by atoms with E-state index in [4.69, 9.17) is 10.5 Å². The maximum Gasteiger partial charge on any atom is 0.255 e. The molecule has 7 heteroatoms. The lowest BCUT2D eigenvalue weighted by molar-refractivity contribution is -0.158. The number of rotatable bonds is 4. The molecule has 0 saturated carbocycles. The van der Waals surface area contributed by atoms with Crippen molar-refractivity contribution >= 4 is 29.1 Å². The molecule has 0 bridgehead atoms. The van der Waals surface area contributed by atoms with E-state index in [2.05, 4.69) is 5.32 Å². The Morgan fingerprint density at radius 1 is 1.33 bits per heavy atom. The number of nitrogen functional groups attached to an aromatic ring is 1. The topological polar surface area (TPSA) is 102 Å². The van der Waals surface area contributed by atoms with Crippen molar-refractivity contribution in [3.8, 4) is 0 Å². The molecule has 0 radical (unpaired) electrons. The summed E-state index contributed by atoms with van der Waals surface area (Å²) in [6.45, 7) is 1.61. The van der Waals surface area contributed by atoms with Crippen LogP contribution in [-0.2, 0) is 19.1 Å². The van der Waals surface area contributed by atoms with Gasteiger partial charge in [-0.3, -0.25) is 19.3 Å². The fourth-order valence-corrected chi connectivity index (χ4v) is 1.98. The molecule has 3 N–H and O–H groups in total. The van der Waals surface area contributed by atoms with Crippen molar-refractivity contribution in [3.63, 3.8) is 0 Å². The Bertz CT molecular complexity index is 570. The zero-order chi connectivity index (χ0) is 15.4. The van der Waals surface area contributed by atoms with Crippen LogP contribution in [0.4, 0.5) is 11.4 Å². The normalized spacial score (nSPS) is 15.2. The highest BCUT2D eigenvalue weighted by atomic mass is 16.5. The molecule has 1 saturated heterocycles. The van der Waals surface area contributed by atoms with E-state index in [-0.39, 0.29) is 32.1 Å². The second-order valence-corrected chi connectivity index (χ2v) is 4.75. The van der Waals surface area contributed by atoms with E-state index in [9.17, 15) is 14.4 Å². The van der Waals surface area contributed by atoms with Crippen molar-refractivity contribution < 1.29 is 19.1 Å². The number of nitrogens with one attached hydrogen (secondary N) is 1. The van der Waals surface area contributed by atoms with E-state index in [0.29, 0.717) is 11.4 Å².